The van der Waals surface area contributed by atoms with Gasteiger partial charge in [0, 0.05) is 18.2 Å². The van der Waals surface area contributed by atoms with Gasteiger partial charge in [0.15, 0.2) is 9.84 Å². The first kappa shape index (κ1) is 14.2. The molecular formula is C9H11NO7S. The summed E-state index contributed by atoms with van der Waals surface area (Å²) in [5.41, 5.74) is 0. The number of hydrogen-bond donors (Lipinski definition) is 1. The van der Waals surface area contributed by atoms with Crippen LogP contribution in [0, 0.1) is 0 Å². The number of sulfone groups is 1. The first-order valence-electron chi connectivity index (χ1n) is 4.86. The Morgan fingerprint density at radius 1 is 1.44 bits per heavy atom. The summed E-state index contributed by atoms with van der Waals surface area (Å²) >= 11 is 0. The van der Waals surface area contributed by atoms with E-state index in [9.17, 15) is 22.8 Å². The molecule has 0 spiro atoms. The van der Waals surface area contributed by atoms with Gasteiger partial charge in [0.25, 0.3) is 0 Å². The van der Waals surface area contributed by atoms with Crippen LogP contribution in [0.15, 0.2) is 12.0 Å². The molecule has 1 heterocycles. The number of imide groups is 1. The Kier molecular flexibility index (Phi) is 4.07. The number of rotatable bonds is 5. The second kappa shape index (κ2) is 5.17. The summed E-state index contributed by atoms with van der Waals surface area (Å²) in [7, 11) is -3.82. The standard InChI is InChI=1S/C9H11NO7S/c1-2-18(15,16)5-8(17-9(13)14)10-6(11)3-4-7(10)12/h2,8H,1,3-5H2,(H,13,14). The molecule has 1 N–H and O–H groups in total. The van der Waals surface area contributed by atoms with E-state index >= 15 is 0 Å². The Morgan fingerprint density at radius 2 is 1.94 bits per heavy atom. The van der Waals surface area contributed by atoms with Gasteiger partial charge in [0.1, 0.15) is 5.75 Å². The molecule has 1 aliphatic heterocycles. The van der Waals surface area contributed by atoms with Crippen molar-refractivity contribution in [2.24, 2.45) is 0 Å². The Hall–Kier alpha value is -1.90. The molecular weight excluding hydrogens is 266 g/mol. The van der Waals surface area contributed by atoms with Gasteiger partial charge >= 0.3 is 6.16 Å². The van der Waals surface area contributed by atoms with Gasteiger partial charge in [-0.15, -0.1) is 0 Å². The Bertz CT molecular complexity index is 479. The molecule has 18 heavy (non-hydrogen) atoms. The maximum atomic E-state index is 11.4. The number of hydrogen-bond acceptors (Lipinski definition) is 6. The van der Waals surface area contributed by atoms with Crippen molar-refractivity contribution >= 4 is 27.8 Å². The average molecular weight is 277 g/mol. The van der Waals surface area contributed by atoms with E-state index < -0.39 is 39.8 Å². The molecule has 0 bridgehead atoms. The van der Waals surface area contributed by atoms with Crippen molar-refractivity contribution in [3.05, 3.63) is 12.0 Å². The lowest BCUT2D eigenvalue weighted by Gasteiger charge is -2.23. The molecule has 0 radical (unpaired) electrons. The van der Waals surface area contributed by atoms with Crippen molar-refractivity contribution in [1.29, 1.82) is 0 Å². The van der Waals surface area contributed by atoms with Gasteiger partial charge in [-0.25, -0.2) is 18.1 Å². The highest BCUT2D eigenvalue weighted by molar-refractivity contribution is 7.94. The summed E-state index contributed by atoms with van der Waals surface area (Å²) < 4.78 is 26.9. The molecule has 9 heteroatoms. The van der Waals surface area contributed by atoms with Crippen LogP contribution in [0.5, 0.6) is 0 Å². The first-order valence-corrected chi connectivity index (χ1v) is 6.58. The summed E-state index contributed by atoms with van der Waals surface area (Å²) in [6.07, 6.45) is -3.63. The normalized spacial score (nSPS) is 17.7. The molecule has 0 aliphatic carbocycles. The van der Waals surface area contributed by atoms with Crippen molar-refractivity contribution in [3.63, 3.8) is 0 Å². The highest BCUT2D eigenvalue weighted by Gasteiger charge is 2.39. The molecule has 8 nitrogen and oxygen atoms in total. The van der Waals surface area contributed by atoms with E-state index in [1.165, 1.54) is 0 Å². The third kappa shape index (κ3) is 3.29. The fourth-order valence-corrected chi connectivity index (χ4v) is 2.21. The number of carbonyl (C=O) groups is 3. The average Bonchev–Trinajstić information content (AvgIpc) is 2.56. The molecule has 1 saturated heterocycles. The van der Waals surface area contributed by atoms with E-state index in [2.05, 4.69) is 11.3 Å². The van der Waals surface area contributed by atoms with Crippen LogP contribution in [0.4, 0.5) is 4.79 Å². The molecule has 0 aromatic heterocycles. The molecule has 0 aromatic carbocycles. The van der Waals surface area contributed by atoms with Crippen LogP contribution >= 0.6 is 0 Å². The maximum absolute atomic E-state index is 11.4. The second-order valence-corrected chi connectivity index (χ2v) is 5.48. The monoisotopic (exact) mass is 277 g/mol. The smallest absolute Gasteiger partial charge is 0.450 e. The van der Waals surface area contributed by atoms with Crippen LogP contribution in [0.1, 0.15) is 12.8 Å². The minimum Gasteiger partial charge on any atom is -0.450 e. The number of likely N-dealkylation sites (tertiary alicyclic amines) is 1. The lowest BCUT2D eigenvalue weighted by molar-refractivity contribution is -0.148. The number of nitrogens with zero attached hydrogens (tertiary/aromatic N) is 1. The van der Waals surface area contributed by atoms with Crippen molar-refractivity contribution < 1.29 is 32.6 Å². The zero-order valence-corrected chi connectivity index (χ0v) is 10.1. The molecule has 0 aromatic rings. The molecule has 2 amide bonds. The van der Waals surface area contributed by atoms with Gasteiger partial charge in [0.05, 0.1) is 0 Å². The summed E-state index contributed by atoms with van der Waals surface area (Å²) in [6, 6.07) is 0. The lowest BCUT2D eigenvalue weighted by Crippen LogP contribution is -2.45. The minimum atomic E-state index is -3.82. The highest BCUT2D eigenvalue weighted by Crippen LogP contribution is 2.18. The van der Waals surface area contributed by atoms with Gasteiger partial charge in [0.2, 0.25) is 18.0 Å². The summed E-state index contributed by atoms with van der Waals surface area (Å²) in [4.78, 5) is 33.8. The molecule has 1 atom stereocenters. The lowest BCUT2D eigenvalue weighted by atomic mass is 10.4. The number of carboxylic acid groups (broad SMARTS) is 1. The summed E-state index contributed by atoms with van der Waals surface area (Å²) in [6.45, 7) is 3.05. The van der Waals surface area contributed by atoms with E-state index in [-0.39, 0.29) is 12.8 Å². The van der Waals surface area contributed by atoms with Crippen LogP contribution in [0.25, 0.3) is 0 Å². The van der Waals surface area contributed by atoms with Crippen LogP contribution in [0.2, 0.25) is 0 Å². The van der Waals surface area contributed by atoms with E-state index in [0.717, 1.165) is 0 Å². The van der Waals surface area contributed by atoms with E-state index in [4.69, 9.17) is 5.11 Å². The summed E-state index contributed by atoms with van der Waals surface area (Å²) in [5, 5.41) is 9.10. The van der Waals surface area contributed by atoms with E-state index in [0.29, 0.717) is 10.3 Å². The first-order chi connectivity index (χ1) is 8.26. The van der Waals surface area contributed by atoms with Gasteiger partial charge in [-0.05, 0) is 0 Å². The SMILES string of the molecule is C=CS(=O)(=O)CC(OC(=O)O)N1C(=O)CCC1=O. The zero-order chi connectivity index (χ0) is 13.9. The van der Waals surface area contributed by atoms with E-state index in [1.807, 2.05) is 0 Å². The Balaban J connectivity index is 2.98. The molecule has 0 saturated carbocycles. The largest absolute Gasteiger partial charge is 0.507 e. The van der Waals surface area contributed by atoms with Gasteiger partial charge in [-0.3, -0.25) is 9.59 Å². The van der Waals surface area contributed by atoms with Gasteiger partial charge in [-0.2, -0.15) is 0 Å². The molecule has 1 unspecified atom stereocenters. The van der Waals surface area contributed by atoms with Crippen LogP contribution in [0.3, 0.4) is 0 Å². The van der Waals surface area contributed by atoms with Crippen LogP contribution < -0.4 is 0 Å². The fourth-order valence-electron chi connectivity index (χ4n) is 1.46. The molecule has 1 rings (SSSR count). The van der Waals surface area contributed by atoms with Crippen molar-refractivity contribution in [2.45, 2.75) is 19.1 Å². The van der Waals surface area contributed by atoms with Crippen molar-refractivity contribution in [3.8, 4) is 0 Å². The third-order valence-corrected chi connectivity index (χ3v) is 3.50. The number of amides is 2. The third-order valence-electron chi connectivity index (χ3n) is 2.24. The molecule has 1 fully saturated rings. The quantitative estimate of drug-likeness (QED) is 0.542. The fraction of sp³-hybridized carbons (Fsp3) is 0.444. The van der Waals surface area contributed by atoms with E-state index in [1.54, 1.807) is 0 Å². The molecule has 1 aliphatic rings. The van der Waals surface area contributed by atoms with Crippen LogP contribution in [-0.4, -0.2) is 48.4 Å². The van der Waals surface area contributed by atoms with Gasteiger partial charge < -0.3 is 9.84 Å². The molecule has 100 valence electrons. The predicted molar refractivity (Wildman–Crippen MR) is 58.0 cm³/mol. The Labute approximate surface area is 103 Å². The predicted octanol–water partition coefficient (Wildman–Crippen LogP) is -0.286. The topological polar surface area (TPSA) is 118 Å². The zero-order valence-electron chi connectivity index (χ0n) is 9.24. The second-order valence-electron chi connectivity index (χ2n) is 3.49. The van der Waals surface area contributed by atoms with Crippen LogP contribution in [-0.2, 0) is 24.2 Å². The minimum absolute atomic E-state index is 0.0908. The maximum Gasteiger partial charge on any atom is 0.507 e. The highest BCUT2D eigenvalue weighted by atomic mass is 32.2. The van der Waals surface area contributed by atoms with Crippen molar-refractivity contribution in [2.75, 3.05) is 5.75 Å². The number of carbonyl (C=O) groups excluding carboxylic acids is 2. The summed E-state index contributed by atoms with van der Waals surface area (Å²) in [5.74, 6) is -2.16. The Morgan fingerprint density at radius 3 is 2.33 bits per heavy atom. The van der Waals surface area contributed by atoms with Crippen molar-refractivity contribution in [1.82, 2.24) is 4.90 Å². The number of ether oxygens (including phenoxy) is 1. The van der Waals surface area contributed by atoms with Gasteiger partial charge in [-0.1, -0.05) is 6.58 Å².